The number of carbonyl (C=O) groups excluding carboxylic acids is 1. The second-order valence-corrected chi connectivity index (χ2v) is 5.41. The van der Waals surface area contributed by atoms with E-state index >= 15 is 0 Å². The second kappa shape index (κ2) is 5.95. The minimum atomic E-state index is -4.37. The van der Waals surface area contributed by atoms with Crippen molar-refractivity contribution in [3.63, 3.8) is 0 Å². The number of amides is 1. The molecule has 0 atom stereocenters. The van der Waals surface area contributed by atoms with Crippen molar-refractivity contribution in [3.05, 3.63) is 29.8 Å². The fraction of sp³-hybridized carbons (Fsp3) is 0.533. The summed E-state index contributed by atoms with van der Waals surface area (Å²) < 4.78 is 41.0. The van der Waals surface area contributed by atoms with Crippen LogP contribution in [0.2, 0.25) is 0 Å². The van der Waals surface area contributed by atoms with Crippen LogP contribution in [0.4, 0.5) is 13.2 Å². The third kappa shape index (κ3) is 4.95. The first-order valence-electron chi connectivity index (χ1n) is 6.91. The SMILES string of the molecule is CCC1(NC(=O)Cc2cccc(OCC(F)(F)F)c2)CC1. The largest absolute Gasteiger partial charge is 0.484 e. The molecule has 1 saturated carbocycles. The van der Waals surface area contributed by atoms with Crippen LogP contribution < -0.4 is 10.1 Å². The van der Waals surface area contributed by atoms with Crippen LogP contribution in [-0.4, -0.2) is 24.2 Å². The van der Waals surface area contributed by atoms with Crippen LogP contribution in [-0.2, 0) is 11.2 Å². The summed E-state index contributed by atoms with van der Waals surface area (Å²) in [5, 5.41) is 2.98. The number of alkyl halides is 3. The Labute approximate surface area is 121 Å². The van der Waals surface area contributed by atoms with Gasteiger partial charge in [0.2, 0.25) is 5.91 Å². The van der Waals surface area contributed by atoms with Crippen LogP contribution in [0.3, 0.4) is 0 Å². The molecule has 0 heterocycles. The lowest BCUT2D eigenvalue weighted by atomic mass is 10.1. The molecule has 116 valence electrons. The topological polar surface area (TPSA) is 38.3 Å². The molecule has 1 N–H and O–H groups in total. The van der Waals surface area contributed by atoms with Crippen molar-refractivity contribution in [2.45, 2.75) is 44.3 Å². The normalized spacial score (nSPS) is 16.4. The highest BCUT2D eigenvalue weighted by molar-refractivity contribution is 5.79. The fourth-order valence-corrected chi connectivity index (χ4v) is 2.15. The van der Waals surface area contributed by atoms with Gasteiger partial charge in [0.15, 0.2) is 6.61 Å². The number of hydrogen-bond donors (Lipinski definition) is 1. The molecule has 1 amide bonds. The first kappa shape index (κ1) is 15.7. The molecule has 0 aromatic heterocycles. The molecular formula is C15H18F3NO2. The zero-order valence-electron chi connectivity index (χ0n) is 11.8. The number of halogens is 3. The molecule has 0 saturated heterocycles. The lowest BCUT2D eigenvalue weighted by Gasteiger charge is -2.15. The van der Waals surface area contributed by atoms with E-state index in [-0.39, 0.29) is 23.6 Å². The first-order chi connectivity index (χ1) is 9.82. The molecule has 1 aliphatic carbocycles. The Hall–Kier alpha value is -1.72. The van der Waals surface area contributed by atoms with Gasteiger partial charge in [-0.2, -0.15) is 13.2 Å². The maximum Gasteiger partial charge on any atom is 0.422 e. The van der Waals surface area contributed by atoms with Crippen LogP contribution in [0, 0.1) is 0 Å². The summed E-state index contributed by atoms with van der Waals surface area (Å²) in [6.45, 7) is 0.695. The summed E-state index contributed by atoms with van der Waals surface area (Å²) in [5.41, 5.74) is 0.584. The number of benzene rings is 1. The quantitative estimate of drug-likeness (QED) is 0.876. The Balaban J connectivity index is 1.90. The molecule has 21 heavy (non-hydrogen) atoms. The molecule has 2 rings (SSSR count). The van der Waals surface area contributed by atoms with Gasteiger partial charge in [0.05, 0.1) is 6.42 Å². The van der Waals surface area contributed by atoms with Crippen molar-refractivity contribution < 1.29 is 22.7 Å². The van der Waals surface area contributed by atoms with Crippen LogP contribution in [0.15, 0.2) is 24.3 Å². The number of ether oxygens (including phenoxy) is 1. The Morgan fingerprint density at radius 2 is 2.10 bits per heavy atom. The van der Waals surface area contributed by atoms with Crippen molar-refractivity contribution in [2.75, 3.05) is 6.61 Å². The van der Waals surface area contributed by atoms with Gasteiger partial charge in [0, 0.05) is 5.54 Å². The summed E-state index contributed by atoms with van der Waals surface area (Å²) in [7, 11) is 0. The monoisotopic (exact) mass is 301 g/mol. The molecule has 3 nitrogen and oxygen atoms in total. The zero-order valence-corrected chi connectivity index (χ0v) is 11.8. The highest BCUT2D eigenvalue weighted by Gasteiger charge is 2.41. The molecule has 1 aliphatic rings. The minimum absolute atomic E-state index is 0.0541. The Morgan fingerprint density at radius 3 is 2.67 bits per heavy atom. The number of carbonyl (C=O) groups is 1. The molecule has 0 aliphatic heterocycles. The lowest BCUT2D eigenvalue weighted by molar-refractivity contribution is -0.153. The van der Waals surface area contributed by atoms with E-state index in [1.54, 1.807) is 12.1 Å². The molecule has 1 aromatic rings. The highest BCUT2D eigenvalue weighted by atomic mass is 19.4. The maximum atomic E-state index is 12.1. The molecule has 1 aromatic carbocycles. The van der Waals surface area contributed by atoms with E-state index in [9.17, 15) is 18.0 Å². The summed E-state index contributed by atoms with van der Waals surface area (Å²) in [6.07, 6.45) is -1.35. The Kier molecular flexibility index (Phi) is 4.44. The average molecular weight is 301 g/mol. The molecule has 1 fully saturated rings. The van der Waals surface area contributed by atoms with Gasteiger partial charge in [-0.1, -0.05) is 19.1 Å². The molecule has 0 unspecified atom stereocenters. The van der Waals surface area contributed by atoms with Gasteiger partial charge in [0.1, 0.15) is 5.75 Å². The van der Waals surface area contributed by atoms with Gasteiger partial charge in [-0.15, -0.1) is 0 Å². The highest BCUT2D eigenvalue weighted by Crippen LogP contribution is 2.38. The van der Waals surface area contributed by atoms with Gasteiger partial charge in [-0.25, -0.2) is 0 Å². The molecular weight excluding hydrogens is 283 g/mol. The van der Waals surface area contributed by atoms with E-state index in [0.717, 1.165) is 19.3 Å². The summed E-state index contributed by atoms with van der Waals surface area (Å²) in [6, 6.07) is 6.20. The van der Waals surface area contributed by atoms with E-state index in [1.165, 1.54) is 12.1 Å². The Bertz CT molecular complexity index is 510. The summed E-state index contributed by atoms with van der Waals surface area (Å²) >= 11 is 0. The van der Waals surface area contributed by atoms with Gasteiger partial charge < -0.3 is 10.1 Å². The van der Waals surface area contributed by atoms with Crippen LogP contribution >= 0.6 is 0 Å². The van der Waals surface area contributed by atoms with Crippen LogP contribution in [0.1, 0.15) is 31.7 Å². The van der Waals surface area contributed by atoms with Gasteiger partial charge >= 0.3 is 6.18 Å². The number of hydrogen-bond acceptors (Lipinski definition) is 2. The zero-order chi connectivity index (χ0) is 15.5. The van der Waals surface area contributed by atoms with E-state index in [0.29, 0.717) is 5.56 Å². The third-order valence-electron chi connectivity index (χ3n) is 3.60. The summed E-state index contributed by atoms with van der Waals surface area (Å²) in [4.78, 5) is 11.9. The van der Waals surface area contributed by atoms with E-state index in [2.05, 4.69) is 10.1 Å². The first-order valence-corrected chi connectivity index (χ1v) is 6.91. The average Bonchev–Trinajstić information content (AvgIpc) is 3.16. The predicted molar refractivity (Wildman–Crippen MR) is 72.1 cm³/mol. The molecule has 6 heteroatoms. The van der Waals surface area contributed by atoms with Gasteiger partial charge in [0.25, 0.3) is 0 Å². The van der Waals surface area contributed by atoms with Gasteiger partial charge in [-0.05, 0) is 37.0 Å². The lowest BCUT2D eigenvalue weighted by Crippen LogP contribution is -2.37. The van der Waals surface area contributed by atoms with Crippen LogP contribution in [0.25, 0.3) is 0 Å². The third-order valence-corrected chi connectivity index (χ3v) is 3.60. The van der Waals surface area contributed by atoms with Gasteiger partial charge in [-0.3, -0.25) is 4.79 Å². The smallest absolute Gasteiger partial charge is 0.422 e. The van der Waals surface area contributed by atoms with Crippen molar-refractivity contribution in [2.24, 2.45) is 0 Å². The predicted octanol–water partition coefficient (Wildman–Crippen LogP) is 3.23. The van der Waals surface area contributed by atoms with Crippen molar-refractivity contribution in [3.8, 4) is 5.75 Å². The second-order valence-electron chi connectivity index (χ2n) is 5.41. The molecule has 0 radical (unpaired) electrons. The number of rotatable bonds is 6. The standard InChI is InChI=1S/C15H18F3NO2/c1-2-14(6-7-14)19-13(20)9-11-4-3-5-12(8-11)21-10-15(16,17)18/h3-5,8H,2,6-7,9-10H2,1H3,(H,19,20). The van der Waals surface area contributed by atoms with E-state index in [1.807, 2.05) is 6.92 Å². The Morgan fingerprint density at radius 1 is 1.38 bits per heavy atom. The molecule has 0 bridgehead atoms. The maximum absolute atomic E-state index is 12.1. The van der Waals surface area contributed by atoms with Crippen molar-refractivity contribution in [1.29, 1.82) is 0 Å². The van der Waals surface area contributed by atoms with Crippen LogP contribution in [0.5, 0.6) is 5.75 Å². The number of nitrogens with one attached hydrogen (secondary N) is 1. The minimum Gasteiger partial charge on any atom is -0.484 e. The summed E-state index contributed by atoms with van der Waals surface area (Å²) in [5.74, 6) is 0.0107. The van der Waals surface area contributed by atoms with E-state index in [4.69, 9.17) is 0 Å². The fourth-order valence-electron chi connectivity index (χ4n) is 2.15. The van der Waals surface area contributed by atoms with E-state index < -0.39 is 12.8 Å². The molecule has 0 spiro atoms. The van der Waals surface area contributed by atoms with Crippen molar-refractivity contribution in [1.82, 2.24) is 5.32 Å². The van der Waals surface area contributed by atoms with Crippen molar-refractivity contribution >= 4 is 5.91 Å².